The van der Waals surface area contributed by atoms with E-state index in [1.807, 2.05) is 31.2 Å². The second-order valence-corrected chi connectivity index (χ2v) is 4.32. The first-order valence-corrected chi connectivity index (χ1v) is 5.97. The fourth-order valence-electron chi connectivity index (χ4n) is 1.73. The van der Waals surface area contributed by atoms with Crippen molar-refractivity contribution in [3.8, 4) is 5.88 Å². The Hall–Kier alpha value is -2.14. The molecule has 5 nitrogen and oxygen atoms in total. The summed E-state index contributed by atoms with van der Waals surface area (Å²) in [4.78, 5) is 11.6. The lowest BCUT2D eigenvalue weighted by molar-refractivity contribution is 0.148. The Morgan fingerprint density at radius 1 is 1.26 bits per heavy atom. The van der Waals surface area contributed by atoms with Crippen LogP contribution in [0, 0.1) is 6.92 Å². The highest BCUT2D eigenvalue weighted by Gasteiger charge is 2.10. The van der Waals surface area contributed by atoms with Crippen LogP contribution in [0.5, 0.6) is 5.88 Å². The van der Waals surface area contributed by atoms with Crippen molar-refractivity contribution in [2.45, 2.75) is 19.6 Å². The van der Waals surface area contributed by atoms with E-state index in [0.29, 0.717) is 5.88 Å². The predicted octanol–water partition coefficient (Wildman–Crippen LogP) is 1.29. The molecule has 2 rings (SSSR count). The minimum atomic E-state index is -0.780. The van der Waals surface area contributed by atoms with Gasteiger partial charge in [0.15, 0.2) is 0 Å². The number of aliphatic hydroxyl groups excluding tert-OH is 1. The Bertz CT molecular complexity index is 605. The molecular weight excluding hydrogens is 244 g/mol. The molecular formula is C14H16N2O3. The fourth-order valence-corrected chi connectivity index (χ4v) is 1.73. The van der Waals surface area contributed by atoms with Gasteiger partial charge in [-0.2, -0.15) is 0 Å². The molecule has 0 aliphatic rings. The van der Waals surface area contributed by atoms with E-state index in [2.05, 4.69) is 5.10 Å². The molecule has 5 heteroatoms. The number of aliphatic hydroxyl groups is 1. The van der Waals surface area contributed by atoms with Gasteiger partial charge in [-0.25, -0.2) is 4.68 Å². The van der Waals surface area contributed by atoms with E-state index in [0.717, 1.165) is 11.1 Å². The largest absolute Gasteiger partial charge is 0.480 e. The lowest BCUT2D eigenvalue weighted by Gasteiger charge is -2.12. The van der Waals surface area contributed by atoms with Gasteiger partial charge in [0.05, 0.1) is 19.8 Å². The summed E-state index contributed by atoms with van der Waals surface area (Å²) in [5.74, 6) is 0.343. The van der Waals surface area contributed by atoms with Crippen LogP contribution in [0.3, 0.4) is 0 Å². The third-order valence-electron chi connectivity index (χ3n) is 2.86. The molecule has 0 bridgehead atoms. The maximum Gasteiger partial charge on any atom is 0.267 e. The van der Waals surface area contributed by atoms with Crippen LogP contribution >= 0.6 is 0 Å². The third-order valence-corrected chi connectivity index (χ3v) is 2.86. The minimum absolute atomic E-state index is 0.0963. The summed E-state index contributed by atoms with van der Waals surface area (Å²) in [6.45, 7) is 2.07. The summed E-state index contributed by atoms with van der Waals surface area (Å²) in [6.07, 6.45) is -0.780. The molecule has 0 aliphatic heterocycles. The quantitative estimate of drug-likeness (QED) is 0.899. The molecule has 0 fully saturated rings. The highest BCUT2D eigenvalue weighted by molar-refractivity contribution is 5.23. The molecule has 1 aromatic heterocycles. The number of aryl methyl sites for hydroxylation is 1. The van der Waals surface area contributed by atoms with Crippen molar-refractivity contribution in [3.05, 3.63) is 57.9 Å². The zero-order chi connectivity index (χ0) is 13.8. The molecule has 19 heavy (non-hydrogen) atoms. The maximum absolute atomic E-state index is 11.6. The Morgan fingerprint density at radius 3 is 2.58 bits per heavy atom. The van der Waals surface area contributed by atoms with Gasteiger partial charge in [-0.05, 0) is 12.5 Å². The summed E-state index contributed by atoms with van der Waals surface area (Å²) >= 11 is 0. The van der Waals surface area contributed by atoms with Gasteiger partial charge in [0.25, 0.3) is 5.56 Å². The van der Waals surface area contributed by atoms with Crippen molar-refractivity contribution in [2.24, 2.45) is 0 Å². The van der Waals surface area contributed by atoms with Crippen LogP contribution in [0.15, 0.2) is 41.2 Å². The second kappa shape index (κ2) is 5.67. The molecule has 1 unspecified atom stereocenters. The monoisotopic (exact) mass is 260 g/mol. The Morgan fingerprint density at radius 2 is 1.95 bits per heavy atom. The van der Waals surface area contributed by atoms with Gasteiger partial charge >= 0.3 is 0 Å². The van der Waals surface area contributed by atoms with Gasteiger partial charge in [-0.1, -0.05) is 29.8 Å². The Labute approximate surface area is 111 Å². The van der Waals surface area contributed by atoms with Crippen LogP contribution in [-0.4, -0.2) is 22.0 Å². The first-order valence-electron chi connectivity index (χ1n) is 5.97. The molecule has 100 valence electrons. The van der Waals surface area contributed by atoms with Crippen molar-refractivity contribution >= 4 is 0 Å². The van der Waals surface area contributed by atoms with E-state index in [9.17, 15) is 9.90 Å². The Kier molecular flexibility index (Phi) is 3.97. The van der Waals surface area contributed by atoms with E-state index in [1.165, 1.54) is 23.9 Å². The van der Waals surface area contributed by atoms with Gasteiger partial charge in [-0.3, -0.25) is 4.79 Å². The number of nitrogens with zero attached hydrogens (tertiary/aromatic N) is 2. The molecule has 0 saturated heterocycles. The number of hydrogen-bond donors (Lipinski definition) is 1. The number of aromatic nitrogens is 2. The van der Waals surface area contributed by atoms with Gasteiger partial charge in [0, 0.05) is 12.1 Å². The van der Waals surface area contributed by atoms with E-state index in [1.54, 1.807) is 0 Å². The van der Waals surface area contributed by atoms with E-state index in [4.69, 9.17) is 4.74 Å². The Balaban J connectivity index is 2.20. The maximum atomic E-state index is 11.6. The molecule has 2 aromatic rings. The van der Waals surface area contributed by atoms with E-state index >= 15 is 0 Å². The molecule has 1 atom stereocenters. The molecule has 1 N–H and O–H groups in total. The lowest BCUT2D eigenvalue weighted by Crippen LogP contribution is -2.25. The smallest absolute Gasteiger partial charge is 0.267 e. The van der Waals surface area contributed by atoms with Crippen molar-refractivity contribution in [1.29, 1.82) is 0 Å². The van der Waals surface area contributed by atoms with Crippen LogP contribution in [-0.2, 0) is 6.54 Å². The highest BCUT2D eigenvalue weighted by Crippen LogP contribution is 2.15. The van der Waals surface area contributed by atoms with Gasteiger partial charge in [-0.15, -0.1) is 5.10 Å². The molecule has 0 amide bonds. The summed E-state index contributed by atoms with van der Waals surface area (Å²) < 4.78 is 6.16. The van der Waals surface area contributed by atoms with Crippen LogP contribution in [0.1, 0.15) is 17.2 Å². The molecule has 0 spiro atoms. The van der Waals surface area contributed by atoms with Crippen molar-refractivity contribution in [3.63, 3.8) is 0 Å². The number of hydrogen-bond acceptors (Lipinski definition) is 4. The topological polar surface area (TPSA) is 64.3 Å². The standard InChI is InChI=1S/C14H16N2O3/c1-10-3-5-11(6-4-10)12(17)9-16-14(18)8-7-13(15-16)19-2/h3-8,12,17H,9H2,1-2H3. The summed E-state index contributed by atoms with van der Waals surface area (Å²) in [6, 6.07) is 10.4. The third kappa shape index (κ3) is 3.20. The SMILES string of the molecule is COc1ccc(=O)n(CC(O)c2ccc(C)cc2)n1. The lowest BCUT2D eigenvalue weighted by atomic mass is 10.1. The molecule has 1 aromatic carbocycles. The van der Waals surface area contributed by atoms with E-state index < -0.39 is 6.10 Å². The van der Waals surface area contributed by atoms with Crippen LogP contribution < -0.4 is 10.3 Å². The number of rotatable bonds is 4. The zero-order valence-corrected chi connectivity index (χ0v) is 10.9. The first-order chi connectivity index (χ1) is 9.10. The van der Waals surface area contributed by atoms with Crippen LogP contribution in [0.4, 0.5) is 0 Å². The average molecular weight is 260 g/mol. The van der Waals surface area contributed by atoms with Gasteiger partial charge in [0.2, 0.25) is 5.88 Å². The molecule has 0 saturated carbocycles. The summed E-state index contributed by atoms with van der Waals surface area (Å²) in [5.41, 5.74) is 1.60. The molecule has 0 aliphatic carbocycles. The van der Waals surface area contributed by atoms with Crippen LogP contribution in [0.25, 0.3) is 0 Å². The molecule has 1 heterocycles. The van der Waals surface area contributed by atoms with Gasteiger partial charge < -0.3 is 9.84 Å². The average Bonchev–Trinajstić information content (AvgIpc) is 2.42. The van der Waals surface area contributed by atoms with Crippen molar-refractivity contribution in [2.75, 3.05) is 7.11 Å². The summed E-state index contributed by atoms with van der Waals surface area (Å²) in [7, 11) is 1.48. The number of ether oxygens (including phenoxy) is 1. The van der Waals surface area contributed by atoms with Crippen LogP contribution in [0.2, 0.25) is 0 Å². The van der Waals surface area contributed by atoms with E-state index in [-0.39, 0.29) is 12.1 Å². The number of benzene rings is 1. The first kappa shape index (κ1) is 13.3. The van der Waals surface area contributed by atoms with Crippen molar-refractivity contribution < 1.29 is 9.84 Å². The van der Waals surface area contributed by atoms with Gasteiger partial charge in [0.1, 0.15) is 0 Å². The fraction of sp³-hybridized carbons (Fsp3) is 0.286. The normalized spacial score (nSPS) is 12.2. The summed E-state index contributed by atoms with van der Waals surface area (Å²) in [5, 5.41) is 14.1. The number of methoxy groups -OCH3 is 1. The zero-order valence-electron chi connectivity index (χ0n) is 10.9. The predicted molar refractivity (Wildman–Crippen MR) is 71.2 cm³/mol. The molecule has 0 radical (unpaired) electrons. The minimum Gasteiger partial charge on any atom is -0.480 e. The van der Waals surface area contributed by atoms with Crippen molar-refractivity contribution in [1.82, 2.24) is 9.78 Å². The second-order valence-electron chi connectivity index (χ2n) is 4.32. The highest BCUT2D eigenvalue weighted by atomic mass is 16.5.